The number of hydrogen-bond donors (Lipinski definition) is 3. The second-order valence-corrected chi connectivity index (χ2v) is 9.16. The molecule has 4 rings (SSSR count). The van der Waals surface area contributed by atoms with Crippen molar-refractivity contribution >= 4 is 17.7 Å². The summed E-state index contributed by atoms with van der Waals surface area (Å²) in [5.41, 5.74) is 6.59. The van der Waals surface area contributed by atoms with Gasteiger partial charge in [0.25, 0.3) is 0 Å². The number of nitrogens with zero attached hydrogens (tertiary/aromatic N) is 1. The largest absolute Gasteiger partial charge is 0.490 e. The molecule has 7 nitrogen and oxygen atoms in total. The van der Waals surface area contributed by atoms with Crippen molar-refractivity contribution in [1.82, 2.24) is 10.2 Å². The summed E-state index contributed by atoms with van der Waals surface area (Å²) in [5, 5.41) is 17.7. The van der Waals surface area contributed by atoms with Crippen molar-refractivity contribution in [3.05, 3.63) is 70.3 Å². The summed E-state index contributed by atoms with van der Waals surface area (Å²) in [6, 6.07) is 15.1. The molecule has 0 saturated carbocycles. The molecule has 0 fully saturated rings. The molecule has 0 spiro atoms. The van der Waals surface area contributed by atoms with Crippen LogP contribution in [-0.2, 0) is 35.4 Å². The van der Waals surface area contributed by atoms with Crippen LogP contribution in [-0.4, -0.2) is 71.4 Å². The molecule has 0 bridgehead atoms. The number of Topliss-reactive ketones (excluding diaryl/α,β-unsaturated/α-hetero) is 1. The van der Waals surface area contributed by atoms with Gasteiger partial charge in [0.1, 0.15) is 0 Å². The number of aliphatic carboxylic acids is 2. The molecule has 2 aromatic rings. The van der Waals surface area contributed by atoms with Crippen molar-refractivity contribution in [3.8, 4) is 0 Å². The summed E-state index contributed by atoms with van der Waals surface area (Å²) in [4.78, 5) is 32.9. The predicted octanol–water partition coefficient (Wildman–Crippen LogP) is 4.66. The zero-order valence-corrected chi connectivity index (χ0v) is 21.4. The molecule has 13 heteroatoms. The third-order valence-electron chi connectivity index (χ3n) is 6.24. The first-order valence-corrected chi connectivity index (χ1v) is 12.4. The number of carbonyl (C=O) groups excluding carboxylic acids is 1. The van der Waals surface area contributed by atoms with E-state index < -0.39 is 24.3 Å². The average Bonchev–Trinajstić information content (AvgIpc) is 3.13. The number of halogens is 6. The van der Waals surface area contributed by atoms with Crippen LogP contribution in [0.4, 0.5) is 26.3 Å². The second-order valence-electron chi connectivity index (χ2n) is 9.16. The average molecular weight is 577 g/mol. The number of carboxylic acid groups (broad SMARTS) is 2. The number of alkyl halides is 6. The van der Waals surface area contributed by atoms with Gasteiger partial charge >= 0.3 is 24.3 Å². The highest BCUT2D eigenvalue weighted by Gasteiger charge is 2.38. The molecule has 2 aliphatic heterocycles. The van der Waals surface area contributed by atoms with E-state index in [4.69, 9.17) is 19.8 Å². The summed E-state index contributed by atoms with van der Waals surface area (Å²) < 4.78 is 63.5. The summed E-state index contributed by atoms with van der Waals surface area (Å²) >= 11 is 0. The van der Waals surface area contributed by atoms with Gasteiger partial charge in [-0.2, -0.15) is 26.3 Å². The fourth-order valence-corrected chi connectivity index (χ4v) is 4.20. The van der Waals surface area contributed by atoms with Gasteiger partial charge in [-0.15, -0.1) is 0 Å². The number of fused-ring (bicyclic) bond motifs is 2. The smallest absolute Gasteiger partial charge is 0.475 e. The van der Waals surface area contributed by atoms with Crippen LogP contribution in [0.5, 0.6) is 0 Å². The number of benzene rings is 2. The maximum absolute atomic E-state index is 12.6. The number of hydrogen-bond acceptors (Lipinski definition) is 5. The Morgan fingerprint density at radius 1 is 0.775 bits per heavy atom. The zero-order chi connectivity index (χ0) is 29.9. The van der Waals surface area contributed by atoms with Gasteiger partial charge < -0.3 is 15.5 Å². The highest BCUT2D eigenvalue weighted by molar-refractivity contribution is 5.96. The third-order valence-corrected chi connectivity index (χ3v) is 6.24. The number of nitrogens with one attached hydrogen (secondary N) is 1. The highest BCUT2D eigenvalue weighted by Crippen LogP contribution is 2.20. The molecular formula is C27H30F6N2O5. The van der Waals surface area contributed by atoms with Crippen molar-refractivity contribution in [1.29, 1.82) is 0 Å². The predicted molar refractivity (Wildman–Crippen MR) is 133 cm³/mol. The molecule has 0 unspecified atom stereocenters. The Labute approximate surface area is 226 Å². The second kappa shape index (κ2) is 14.8. The van der Waals surface area contributed by atoms with E-state index in [9.17, 15) is 31.1 Å². The molecule has 2 heterocycles. The fourth-order valence-electron chi connectivity index (χ4n) is 4.20. The summed E-state index contributed by atoms with van der Waals surface area (Å²) in [6.07, 6.45) is -5.35. The van der Waals surface area contributed by atoms with Crippen LogP contribution >= 0.6 is 0 Å². The summed E-state index contributed by atoms with van der Waals surface area (Å²) in [6.45, 7) is 5.20. The van der Waals surface area contributed by atoms with Gasteiger partial charge in [-0.05, 0) is 73.6 Å². The molecule has 2 aromatic carbocycles. The van der Waals surface area contributed by atoms with Crippen molar-refractivity contribution in [3.63, 3.8) is 0 Å². The fraction of sp³-hybridized carbons (Fsp3) is 0.444. The van der Waals surface area contributed by atoms with Crippen molar-refractivity contribution < 1.29 is 50.9 Å². The highest BCUT2D eigenvalue weighted by atomic mass is 19.4. The summed E-state index contributed by atoms with van der Waals surface area (Å²) in [7, 11) is 0. The first-order valence-electron chi connectivity index (χ1n) is 12.4. The molecule has 0 aliphatic carbocycles. The SMILES string of the molecule is O=C(CCCN1CCc2ccccc2C1)c1ccc2c(c1)CCNCC2.O=C(O)C(F)(F)F.O=C(O)C(F)(F)F. The number of ketones is 1. The lowest BCUT2D eigenvalue weighted by atomic mass is 9.96. The van der Waals surface area contributed by atoms with Crippen molar-refractivity contribution in [2.45, 2.75) is 51.0 Å². The molecule has 0 atom stereocenters. The van der Waals surface area contributed by atoms with E-state index in [-0.39, 0.29) is 0 Å². The van der Waals surface area contributed by atoms with Crippen LogP contribution in [0.15, 0.2) is 42.5 Å². The van der Waals surface area contributed by atoms with Crippen molar-refractivity contribution in [2.24, 2.45) is 0 Å². The van der Waals surface area contributed by atoms with Crippen molar-refractivity contribution in [2.75, 3.05) is 26.2 Å². The molecule has 3 N–H and O–H groups in total. The monoisotopic (exact) mass is 576 g/mol. The van der Waals surface area contributed by atoms with E-state index in [2.05, 4.69) is 46.6 Å². The van der Waals surface area contributed by atoms with E-state index in [0.717, 1.165) is 64.0 Å². The Balaban J connectivity index is 0.000000333. The Bertz CT molecular complexity index is 1140. The van der Waals surface area contributed by atoms with Gasteiger partial charge in [0.2, 0.25) is 0 Å². The Kier molecular flexibility index (Phi) is 12.1. The van der Waals surface area contributed by atoms with Gasteiger partial charge in [0, 0.05) is 25.1 Å². The molecule has 2 aliphatic rings. The first-order chi connectivity index (χ1) is 18.7. The molecular weight excluding hydrogens is 546 g/mol. The normalized spacial score (nSPS) is 15.2. The van der Waals surface area contributed by atoms with Crippen LogP contribution in [0.3, 0.4) is 0 Å². The van der Waals surface area contributed by atoms with Gasteiger partial charge in [0.15, 0.2) is 5.78 Å². The lowest BCUT2D eigenvalue weighted by Gasteiger charge is -2.28. The lowest BCUT2D eigenvalue weighted by molar-refractivity contribution is -0.193. The van der Waals surface area contributed by atoms with Crippen LogP contribution in [0.2, 0.25) is 0 Å². The Morgan fingerprint density at radius 3 is 1.88 bits per heavy atom. The molecule has 40 heavy (non-hydrogen) atoms. The topological polar surface area (TPSA) is 107 Å². The molecule has 0 aromatic heterocycles. The molecule has 0 saturated heterocycles. The van der Waals surface area contributed by atoms with Gasteiger partial charge in [-0.25, -0.2) is 9.59 Å². The van der Waals surface area contributed by atoms with E-state index in [1.54, 1.807) is 0 Å². The van der Waals surface area contributed by atoms with Crippen LogP contribution in [0, 0.1) is 0 Å². The van der Waals surface area contributed by atoms with Crippen LogP contribution < -0.4 is 5.32 Å². The number of rotatable bonds is 5. The minimum absolute atomic E-state index is 0.294. The Morgan fingerprint density at radius 2 is 1.30 bits per heavy atom. The lowest BCUT2D eigenvalue weighted by Crippen LogP contribution is -2.31. The molecule has 220 valence electrons. The van der Waals surface area contributed by atoms with Crippen LogP contribution in [0.25, 0.3) is 0 Å². The van der Waals surface area contributed by atoms with E-state index in [1.807, 2.05) is 6.07 Å². The van der Waals surface area contributed by atoms with Gasteiger partial charge in [-0.3, -0.25) is 9.69 Å². The van der Waals surface area contributed by atoms with Gasteiger partial charge in [0.05, 0.1) is 0 Å². The van der Waals surface area contributed by atoms with Crippen LogP contribution in [0.1, 0.15) is 45.5 Å². The quantitative estimate of drug-likeness (QED) is 0.351. The Hall–Kier alpha value is -3.45. The maximum atomic E-state index is 12.6. The zero-order valence-electron chi connectivity index (χ0n) is 21.4. The van der Waals surface area contributed by atoms with Gasteiger partial charge in [-0.1, -0.05) is 36.4 Å². The number of carbonyl (C=O) groups is 3. The standard InChI is InChI=1S/C23H28N2O.2C2HF3O2/c26-23(21-8-7-19-9-12-24-13-10-20(19)16-21)6-3-14-25-15-11-18-4-1-2-5-22(18)17-25;2*3-2(4,5)1(6)7/h1-2,4-5,7-8,16,24H,3,6,9-15,17H2;2*(H,6,7). The minimum Gasteiger partial charge on any atom is -0.475 e. The maximum Gasteiger partial charge on any atom is 0.490 e. The van der Waals surface area contributed by atoms with E-state index in [1.165, 1.54) is 22.3 Å². The minimum atomic E-state index is -5.08. The first kappa shape index (κ1) is 32.8. The molecule has 0 radical (unpaired) electrons. The van der Waals surface area contributed by atoms with E-state index in [0.29, 0.717) is 12.2 Å². The summed E-state index contributed by atoms with van der Waals surface area (Å²) in [5.74, 6) is -5.22. The molecule has 0 amide bonds. The number of carboxylic acids is 2. The van der Waals surface area contributed by atoms with E-state index >= 15 is 0 Å². The third kappa shape index (κ3) is 11.0.